The molecular weight excluding hydrogens is 735 g/mol. The second-order valence-corrected chi connectivity index (χ2v) is 15.5. The molecule has 0 saturated heterocycles. The van der Waals surface area contributed by atoms with E-state index >= 15 is 0 Å². The summed E-state index contributed by atoms with van der Waals surface area (Å²) in [6, 6.07) is 15.7. The van der Waals surface area contributed by atoms with E-state index in [0.717, 1.165) is 23.1 Å². The monoisotopic (exact) mass is 778 g/mol. The van der Waals surface area contributed by atoms with Crippen LogP contribution in [0.25, 0.3) is 11.4 Å². The normalized spacial score (nSPS) is 12.4. The van der Waals surface area contributed by atoms with Crippen LogP contribution in [0.2, 0.25) is 15.1 Å². The zero-order valence-corrected chi connectivity index (χ0v) is 33.4. The lowest BCUT2D eigenvalue weighted by molar-refractivity contribution is -0.122. The zero-order chi connectivity index (χ0) is 38.8. The van der Waals surface area contributed by atoms with Gasteiger partial charge in [-0.2, -0.15) is 0 Å². The Bertz CT molecular complexity index is 2190. The van der Waals surface area contributed by atoms with E-state index in [4.69, 9.17) is 39.5 Å². The number of ether oxygens (including phenoxy) is 1. The molecule has 3 aromatic carbocycles. The number of carbonyl (C=O) groups is 2. The number of H-pyrrole nitrogens is 1. The number of hydrogen-bond acceptors (Lipinski definition) is 5. The number of aromatic nitrogens is 4. The fourth-order valence-electron chi connectivity index (χ4n) is 5.86. The molecule has 13 heteroatoms. The van der Waals surface area contributed by atoms with Crippen LogP contribution < -0.4 is 20.9 Å². The summed E-state index contributed by atoms with van der Waals surface area (Å²) in [6.07, 6.45) is 4.64. The van der Waals surface area contributed by atoms with Crippen LogP contribution in [0.5, 0.6) is 5.75 Å². The third kappa shape index (κ3) is 8.35. The second-order valence-electron chi connectivity index (χ2n) is 14.3. The standard InChI is InChI=1S/C40H45Cl3N6O4/c1-9-31(53-32-16-15-25(39(5,6)10-2)20-28(32)40(7,8)11-3)37(51)45-27-14-12-13-24(19-27)36(50)46-35-34(48-18-17-44-23(48)4)38(52)49(47-35)33-29(42)21-26(41)22-30(33)43/h12-22,31,47H,9-11H2,1-8H3,(H,45,51)(H,46,50). The van der Waals surface area contributed by atoms with Crippen molar-refractivity contribution in [3.8, 4) is 17.1 Å². The molecule has 5 aromatic rings. The number of amides is 2. The predicted molar refractivity (Wildman–Crippen MR) is 214 cm³/mol. The van der Waals surface area contributed by atoms with Gasteiger partial charge < -0.3 is 15.4 Å². The van der Waals surface area contributed by atoms with Gasteiger partial charge in [-0.1, -0.05) is 101 Å². The number of benzene rings is 3. The molecule has 0 aliphatic heterocycles. The van der Waals surface area contributed by atoms with Gasteiger partial charge in [-0.05, 0) is 79.0 Å². The lowest BCUT2D eigenvalue weighted by atomic mass is 9.76. The molecule has 0 spiro atoms. The first-order chi connectivity index (χ1) is 25.0. The largest absolute Gasteiger partial charge is 0.480 e. The minimum atomic E-state index is -0.791. The van der Waals surface area contributed by atoms with Gasteiger partial charge in [0.2, 0.25) is 0 Å². The molecule has 0 saturated carbocycles. The van der Waals surface area contributed by atoms with Crippen molar-refractivity contribution in [2.45, 2.75) is 91.6 Å². The van der Waals surface area contributed by atoms with Crippen LogP contribution in [0.3, 0.4) is 0 Å². The maximum atomic E-state index is 13.8. The highest BCUT2D eigenvalue weighted by Crippen LogP contribution is 2.39. The minimum absolute atomic E-state index is 0.00660. The first-order valence-corrected chi connectivity index (χ1v) is 18.7. The maximum absolute atomic E-state index is 13.8. The predicted octanol–water partition coefficient (Wildman–Crippen LogP) is 10.0. The van der Waals surface area contributed by atoms with E-state index in [2.05, 4.69) is 74.4 Å². The number of aromatic amines is 1. The summed E-state index contributed by atoms with van der Waals surface area (Å²) in [6.45, 7) is 16.8. The molecule has 2 aromatic heterocycles. The van der Waals surface area contributed by atoms with E-state index in [1.165, 1.54) is 28.5 Å². The number of nitrogens with one attached hydrogen (secondary N) is 3. The Balaban J connectivity index is 1.41. The molecule has 53 heavy (non-hydrogen) atoms. The van der Waals surface area contributed by atoms with Crippen molar-refractivity contribution >= 4 is 58.1 Å². The van der Waals surface area contributed by atoms with Crippen LogP contribution in [-0.2, 0) is 15.6 Å². The van der Waals surface area contributed by atoms with Crippen LogP contribution in [0, 0.1) is 6.92 Å². The van der Waals surface area contributed by atoms with E-state index in [9.17, 15) is 14.4 Å². The van der Waals surface area contributed by atoms with Crippen molar-refractivity contribution < 1.29 is 14.3 Å². The molecule has 0 radical (unpaired) electrons. The van der Waals surface area contributed by atoms with E-state index < -0.39 is 17.6 Å². The smallest absolute Gasteiger partial charge is 0.297 e. The highest BCUT2D eigenvalue weighted by atomic mass is 35.5. The van der Waals surface area contributed by atoms with Gasteiger partial charge in [0.1, 0.15) is 17.3 Å². The SMILES string of the molecule is CCC(Oc1ccc(C(C)(C)CC)cc1C(C)(C)CC)C(=O)Nc1cccc(C(=O)Nc2[nH]n(-c3c(Cl)cc(Cl)cc3Cl)c(=O)c2-n2ccnc2C)c1. The number of anilines is 2. The lowest BCUT2D eigenvalue weighted by Crippen LogP contribution is -2.33. The van der Waals surface area contributed by atoms with Crippen molar-refractivity contribution in [1.82, 2.24) is 19.3 Å². The van der Waals surface area contributed by atoms with Crippen LogP contribution in [0.1, 0.15) is 95.0 Å². The molecule has 0 fully saturated rings. The van der Waals surface area contributed by atoms with Gasteiger partial charge in [0.05, 0.1) is 10.0 Å². The van der Waals surface area contributed by atoms with Crippen molar-refractivity contribution in [2.24, 2.45) is 0 Å². The average Bonchev–Trinajstić information content (AvgIpc) is 3.67. The van der Waals surface area contributed by atoms with Gasteiger partial charge >= 0.3 is 0 Å². The summed E-state index contributed by atoms with van der Waals surface area (Å²) in [5.74, 6) is 0.344. The Morgan fingerprint density at radius 1 is 0.906 bits per heavy atom. The van der Waals surface area contributed by atoms with Gasteiger partial charge in [-0.25, -0.2) is 9.67 Å². The molecule has 0 aliphatic carbocycles. The molecule has 5 rings (SSSR count). The zero-order valence-electron chi connectivity index (χ0n) is 31.2. The number of imidazole rings is 1. The fraction of sp³-hybridized carbons (Fsp3) is 0.350. The second kappa shape index (κ2) is 15.8. The molecule has 1 atom stereocenters. The highest BCUT2D eigenvalue weighted by Gasteiger charge is 2.29. The van der Waals surface area contributed by atoms with Gasteiger partial charge in [-0.3, -0.25) is 24.0 Å². The van der Waals surface area contributed by atoms with Crippen molar-refractivity contribution in [3.05, 3.63) is 115 Å². The third-order valence-corrected chi connectivity index (χ3v) is 10.8. The fourth-order valence-corrected chi connectivity index (χ4v) is 6.84. The van der Waals surface area contributed by atoms with Gasteiger partial charge in [0, 0.05) is 34.2 Å². The summed E-state index contributed by atoms with van der Waals surface area (Å²) in [4.78, 5) is 45.5. The summed E-state index contributed by atoms with van der Waals surface area (Å²) in [7, 11) is 0. The highest BCUT2D eigenvalue weighted by molar-refractivity contribution is 6.40. The molecule has 0 aliphatic rings. The molecule has 2 amide bonds. The van der Waals surface area contributed by atoms with E-state index in [0.29, 0.717) is 28.7 Å². The van der Waals surface area contributed by atoms with Gasteiger partial charge in [-0.15, -0.1) is 0 Å². The molecule has 3 N–H and O–H groups in total. The van der Waals surface area contributed by atoms with Crippen molar-refractivity contribution in [2.75, 3.05) is 10.6 Å². The van der Waals surface area contributed by atoms with Crippen LogP contribution in [-0.4, -0.2) is 37.2 Å². The van der Waals surface area contributed by atoms with Crippen molar-refractivity contribution in [1.29, 1.82) is 0 Å². The number of aryl methyl sites for hydroxylation is 1. The van der Waals surface area contributed by atoms with Crippen LogP contribution in [0.15, 0.2) is 71.8 Å². The Hall–Kier alpha value is -4.51. The Kier molecular flexibility index (Phi) is 11.9. The summed E-state index contributed by atoms with van der Waals surface area (Å²) >= 11 is 19.0. The summed E-state index contributed by atoms with van der Waals surface area (Å²) < 4.78 is 9.12. The van der Waals surface area contributed by atoms with E-state index in [1.54, 1.807) is 37.4 Å². The number of carbonyl (C=O) groups excluding carboxylic acids is 2. The quantitative estimate of drug-likeness (QED) is 0.110. The Morgan fingerprint density at radius 3 is 2.19 bits per heavy atom. The van der Waals surface area contributed by atoms with Gasteiger partial charge in [0.25, 0.3) is 17.4 Å². The number of halogens is 3. The Labute approximate surface area is 324 Å². The minimum Gasteiger partial charge on any atom is -0.480 e. The summed E-state index contributed by atoms with van der Waals surface area (Å²) in [5, 5.41) is 9.20. The molecule has 0 bridgehead atoms. The summed E-state index contributed by atoms with van der Waals surface area (Å²) in [5.41, 5.74) is 2.41. The number of rotatable bonds is 13. The first-order valence-electron chi connectivity index (χ1n) is 17.5. The van der Waals surface area contributed by atoms with Gasteiger partial charge in [0.15, 0.2) is 17.6 Å². The van der Waals surface area contributed by atoms with Crippen molar-refractivity contribution in [3.63, 3.8) is 0 Å². The van der Waals surface area contributed by atoms with E-state index in [1.807, 2.05) is 13.0 Å². The van der Waals surface area contributed by atoms with Crippen LogP contribution >= 0.6 is 34.8 Å². The number of hydrogen-bond donors (Lipinski definition) is 3. The maximum Gasteiger partial charge on any atom is 0.297 e. The molecule has 280 valence electrons. The third-order valence-electron chi connectivity index (χ3n) is 9.96. The van der Waals surface area contributed by atoms with Crippen LogP contribution in [0.4, 0.5) is 11.5 Å². The molecule has 10 nitrogen and oxygen atoms in total. The topological polar surface area (TPSA) is 123 Å². The van der Waals surface area contributed by atoms with E-state index in [-0.39, 0.29) is 49.5 Å². The first kappa shape index (κ1) is 39.7. The molecular formula is C40H45Cl3N6O4. The number of nitrogens with zero attached hydrogens (tertiary/aromatic N) is 3. The average molecular weight is 780 g/mol. The molecule has 2 heterocycles. The lowest BCUT2D eigenvalue weighted by Gasteiger charge is -2.31. The Morgan fingerprint density at radius 2 is 1.58 bits per heavy atom. The molecule has 1 unspecified atom stereocenters.